The van der Waals surface area contributed by atoms with E-state index < -0.39 is 24.1 Å². The fraction of sp³-hybridized carbons (Fsp3) is 0.562. The van der Waals surface area contributed by atoms with E-state index in [9.17, 15) is 9.18 Å². The molecule has 0 aliphatic carbocycles. The Morgan fingerprint density at radius 2 is 1.82 bits per heavy atom. The highest BCUT2D eigenvalue weighted by Gasteiger charge is 2.52. The van der Waals surface area contributed by atoms with Crippen molar-refractivity contribution in [3.05, 3.63) is 29.6 Å². The molecule has 6 heteroatoms. The minimum Gasteiger partial charge on any atom is -0.399 e. The summed E-state index contributed by atoms with van der Waals surface area (Å²) in [7, 11) is -0.765. The molecule has 0 unspecified atom stereocenters. The smallest absolute Gasteiger partial charge is 0.399 e. The number of hydrogen-bond donors (Lipinski definition) is 1. The fourth-order valence-electron chi connectivity index (χ4n) is 2.30. The summed E-state index contributed by atoms with van der Waals surface area (Å²) in [6.45, 7) is 10.1. The number of halogens is 1. The molecule has 4 nitrogen and oxygen atoms in total. The second-order valence-electron chi connectivity index (χ2n) is 6.57. The summed E-state index contributed by atoms with van der Waals surface area (Å²) in [5.74, 6) is -0.480. The number of likely N-dealkylation sites (N-methyl/N-ethyl adjacent to an activating group) is 1. The van der Waals surface area contributed by atoms with Gasteiger partial charge in [-0.25, -0.2) is 4.39 Å². The Hall–Kier alpha value is -1.40. The number of hydrogen-bond acceptors (Lipinski definition) is 3. The third-order valence-corrected chi connectivity index (χ3v) is 4.31. The van der Waals surface area contributed by atoms with Gasteiger partial charge < -0.3 is 14.6 Å². The molecule has 0 atom stereocenters. The maximum absolute atomic E-state index is 14.2. The van der Waals surface area contributed by atoms with Gasteiger partial charge in [-0.05, 0) is 46.2 Å². The monoisotopic (exact) mass is 307 g/mol. The van der Waals surface area contributed by atoms with E-state index in [1.807, 2.05) is 34.6 Å². The Bertz CT molecular complexity index is 559. The number of rotatable bonds is 4. The van der Waals surface area contributed by atoms with Crippen LogP contribution in [-0.4, -0.2) is 30.8 Å². The molecule has 1 saturated heterocycles. The molecular weight excluding hydrogens is 284 g/mol. The van der Waals surface area contributed by atoms with Crippen LogP contribution in [0.2, 0.25) is 0 Å². The first kappa shape index (κ1) is 17.0. The molecule has 1 fully saturated rings. The third-order valence-electron chi connectivity index (χ3n) is 4.31. The molecule has 1 aromatic rings. The quantitative estimate of drug-likeness (QED) is 0.863. The van der Waals surface area contributed by atoms with Gasteiger partial charge in [-0.3, -0.25) is 4.79 Å². The zero-order chi connectivity index (χ0) is 16.5. The van der Waals surface area contributed by atoms with Crippen molar-refractivity contribution in [2.45, 2.75) is 52.2 Å². The Labute approximate surface area is 131 Å². The third kappa shape index (κ3) is 3.33. The zero-order valence-electron chi connectivity index (χ0n) is 13.8. The Kier molecular flexibility index (Phi) is 4.63. The lowest BCUT2D eigenvalue weighted by molar-refractivity contribution is -0.120. The van der Waals surface area contributed by atoms with Crippen molar-refractivity contribution in [3.63, 3.8) is 0 Å². The molecule has 0 aromatic heterocycles. The zero-order valence-corrected chi connectivity index (χ0v) is 13.8. The normalized spacial score (nSPS) is 19.3. The Morgan fingerprint density at radius 3 is 2.36 bits per heavy atom. The molecule has 1 N–H and O–H groups in total. The van der Waals surface area contributed by atoms with E-state index in [1.165, 1.54) is 6.07 Å². The highest BCUT2D eigenvalue weighted by molar-refractivity contribution is 6.62. The van der Waals surface area contributed by atoms with Crippen molar-refractivity contribution in [2.75, 3.05) is 6.54 Å². The minimum absolute atomic E-state index is 0.0889. The van der Waals surface area contributed by atoms with Gasteiger partial charge >= 0.3 is 7.12 Å². The summed E-state index contributed by atoms with van der Waals surface area (Å²) in [5, 5.41) is 2.73. The first-order valence-electron chi connectivity index (χ1n) is 7.57. The number of nitrogens with one attached hydrogen (secondary N) is 1. The van der Waals surface area contributed by atoms with Gasteiger partial charge in [0.05, 0.1) is 17.6 Å². The number of carbonyl (C=O) groups is 1. The van der Waals surface area contributed by atoms with Crippen molar-refractivity contribution < 1.29 is 18.5 Å². The van der Waals surface area contributed by atoms with Crippen molar-refractivity contribution in [1.82, 2.24) is 5.32 Å². The highest BCUT2D eigenvalue weighted by Crippen LogP contribution is 2.36. The highest BCUT2D eigenvalue weighted by atomic mass is 19.1. The second-order valence-corrected chi connectivity index (χ2v) is 6.57. The maximum Gasteiger partial charge on any atom is 0.497 e. The van der Waals surface area contributed by atoms with Gasteiger partial charge in [0.2, 0.25) is 5.91 Å². The van der Waals surface area contributed by atoms with E-state index in [-0.39, 0.29) is 12.3 Å². The molecule has 0 spiro atoms. The van der Waals surface area contributed by atoms with E-state index in [0.29, 0.717) is 12.0 Å². The number of benzene rings is 1. The largest absolute Gasteiger partial charge is 0.497 e. The molecule has 0 radical (unpaired) electrons. The predicted octanol–water partition coefficient (Wildman–Crippen LogP) is 1.80. The maximum atomic E-state index is 14.2. The molecule has 1 aromatic carbocycles. The van der Waals surface area contributed by atoms with E-state index in [0.717, 1.165) is 5.56 Å². The Morgan fingerprint density at radius 1 is 1.23 bits per heavy atom. The van der Waals surface area contributed by atoms with Crippen LogP contribution < -0.4 is 10.8 Å². The van der Waals surface area contributed by atoms with Gasteiger partial charge in [0.15, 0.2) is 0 Å². The van der Waals surface area contributed by atoms with E-state index >= 15 is 0 Å². The summed E-state index contributed by atoms with van der Waals surface area (Å²) < 4.78 is 25.9. The van der Waals surface area contributed by atoms with E-state index in [1.54, 1.807) is 12.1 Å². The van der Waals surface area contributed by atoms with Crippen molar-refractivity contribution in [3.8, 4) is 0 Å². The molecular formula is C16H23BFNO3. The van der Waals surface area contributed by atoms with Crippen molar-refractivity contribution in [1.29, 1.82) is 0 Å². The topological polar surface area (TPSA) is 47.6 Å². The summed E-state index contributed by atoms with van der Waals surface area (Å²) in [6.07, 6.45) is 0.209. The van der Waals surface area contributed by atoms with Gasteiger partial charge in [0, 0.05) is 12.0 Å². The molecule has 1 amide bonds. The van der Waals surface area contributed by atoms with Crippen LogP contribution in [0, 0.1) is 5.82 Å². The van der Waals surface area contributed by atoms with E-state index in [4.69, 9.17) is 9.31 Å². The lowest BCUT2D eigenvalue weighted by Gasteiger charge is -2.32. The fourth-order valence-corrected chi connectivity index (χ4v) is 2.30. The van der Waals surface area contributed by atoms with Gasteiger partial charge in [-0.1, -0.05) is 12.1 Å². The van der Waals surface area contributed by atoms with Crippen molar-refractivity contribution >= 4 is 18.5 Å². The molecule has 2 rings (SSSR count). The van der Waals surface area contributed by atoms with Crippen LogP contribution in [0.4, 0.5) is 4.39 Å². The summed E-state index contributed by atoms with van der Waals surface area (Å²) in [4.78, 5) is 11.7. The summed E-state index contributed by atoms with van der Waals surface area (Å²) in [5.41, 5.74) is 0.0110. The predicted molar refractivity (Wildman–Crippen MR) is 84.5 cm³/mol. The van der Waals surface area contributed by atoms with Crippen LogP contribution in [0.3, 0.4) is 0 Å². The van der Waals surface area contributed by atoms with Gasteiger partial charge in [-0.15, -0.1) is 0 Å². The molecule has 0 saturated carbocycles. The Balaban J connectivity index is 2.23. The van der Waals surface area contributed by atoms with Gasteiger partial charge in [0.1, 0.15) is 5.82 Å². The van der Waals surface area contributed by atoms with Crippen LogP contribution >= 0.6 is 0 Å². The molecule has 1 aliphatic rings. The van der Waals surface area contributed by atoms with Crippen LogP contribution in [0.25, 0.3) is 0 Å². The average molecular weight is 307 g/mol. The van der Waals surface area contributed by atoms with Gasteiger partial charge in [0.25, 0.3) is 0 Å². The molecule has 0 bridgehead atoms. The van der Waals surface area contributed by atoms with Crippen LogP contribution in [-0.2, 0) is 20.5 Å². The minimum atomic E-state index is -0.765. The summed E-state index contributed by atoms with van der Waals surface area (Å²) >= 11 is 0. The molecule has 1 heterocycles. The number of amides is 1. The average Bonchev–Trinajstić information content (AvgIpc) is 2.61. The summed E-state index contributed by atoms with van der Waals surface area (Å²) in [6, 6.07) is 4.61. The van der Waals surface area contributed by atoms with Crippen LogP contribution in [0.5, 0.6) is 0 Å². The molecule has 22 heavy (non-hydrogen) atoms. The lowest BCUT2D eigenvalue weighted by Crippen LogP contribution is -2.41. The molecule has 1 aliphatic heterocycles. The van der Waals surface area contributed by atoms with Crippen LogP contribution in [0.15, 0.2) is 18.2 Å². The number of carbonyl (C=O) groups excluding carboxylic acids is 1. The van der Waals surface area contributed by atoms with Crippen LogP contribution in [0.1, 0.15) is 40.2 Å². The SMILES string of the molecule is CCNC(=O)Cc1ccc(F)c(B2OC(C)(C)C(C)(C)O2)c1. The first-order chi connectivity index (χ1) is 10.2. The lowest BCUT2D eigenvalue weighted by atomic mass is 9.77. The van der Waals surface area contributed by atoms with E-state index in [2.05, 4.69) is 5.32 Å². The van der Waals surface area contributed by atoms with Gasteiger partial charge in [-0.2, -0.15) is 0 Å². The van der Waals surface area contributed by atoms with Crippen molar-refractivity contribution in [2.24, 2.45) is 0 Å². The molecule has 120 valence electrons. The second kappa shape index (κ2) is 6.01. The first-order valence-corrected chi connectivity index (χ1v) is 7.57. The standard InChI is InChI=1S/C16H23BFNO3/c1-6-19-14(20)10-11-7-8-13(18)12(9-11)17-21-15(2,3)16(4,5)22-17/h7-9H,6,10H2,1-5H3,(H,19,20).